The van der Waals surface area contributed by atoms with Crippen LogP contribution in [0.3, 0.4) is 0 Å². The zero-order valence-corrected chi connectivity index (χ0v) is 23.0. The van der Waals surface area contributed by atoms with Gasteiger partial charge in [0.05, 0.1) is 11.0 Å². The molecule has 4 nitrogen and oxygen atoms in total. The third kappa shape index (κ3) is 3.69. The second kappa shape index (κ2) is 9.31. The third-order valence-electron chi connectivity index (χ3n) is 9.03. The average molecular weight is 544 g/mol. The first kappa shape index (κ1) is 23.8. The number of aromatic nitrogens is 1. The van der Waals surface area contributed by atoms with Crippen LogP contribution in [0.5, 0.6) is 0 Å². The first-order valence-electron chi connectivity index (χ1n) is 14.7. The van der Waals surface area contributed by atoms with Crippen LogP contribution in [0.15, 0.2) is 138 Å². The lowest BCUT2D eigenvalue weighted by atomic mass is 9.91. The molecule has 1 saturated heterocycles. The van der Waals surface area contributed by atoms with Gasteiger partial charge in [0.2, 0.25) is 0 Å². The fraction of sp³-hybridized carbons (Fsp3) is 0.105. The highest BCUT2D eigenvalue weighted by atomic mass is 16.3. The molecule has 2 N–H and O–H groups in total. The number of furan rings is 1. The second-order valence-corrected chi connectivity index (χ2v) is 11.4. The van der Waals surface area contributed by atoms with Crippen LogP contribution in [-0.4, -0.2) is 4.57 Å². The molecule has 4 heteroatoms. The highest BCUT2D eigenvalue weighted by Gasteiger charge is 2.32. The number of para-hydroxylation sites is 2. The summed E-state index contributed by atoms with van der Waals surface area (Å²) in [5.41, 5.74) is 6.79. The van der Waals surface area contributed by atoms with Crippen molar-refractivity contribution < 1.29 is 4.42 Å². The van der Waals surface area contributed by atoms with Gasteiger partial charge in [-0.15, -0.1) is 0 Å². The van der Waals surface area contributed by atoms with E-state index < -0.39 is 0 Å². The first-order chi connectivity index (χ1) is 20.8. The molecule has 9 rings (SSSR count). The van der Waals surface area contributed by atoms with Crippen LogP contribution in [0.2, 0.25) is 0 Å². The summed E-state index contributed by atoms with van der Waals surface area (Å²) in [6.07, 6.45) is 0.814. The Bertz CT molecular complexity index is 2260. The van der Waals surface area contributed by atoms with Crippen LogP contribution in [0.1, 0.15) is 35.9 Å². The minimum absolute atomic E-state index is 0.135. The van der Waals surface area contributed by atoms with E-state index in [0.29, 0.717) is 0 Å². The molecule has 1 aliphatic heterocycles. The molecule has 0 saturated carbocycles. The molecule has 3 unspecified atom stereocenters. The molecule has 0 amide bonds. The van der Waals surface area contributed by atoms with Gasteiger partial charge in [0, 0.05) is 39.7 Å². The van der Waals surface area contributed by atoms with Gasteiger partial charge >= 0.3 is 0 Å². The van der Waals surface area contributed by atoms with Gasteiger partial charge in [0.15, 0.2) is 0 Å². The maximum Gasteiger partial charge on any atom is 0.140 e. The molecule has 1 fully saturated rings. The van der Waals surface area contributed by atoms with E-state index in [4.69, 9.17) is 4.42 Å². The molecule has 1 aliphatic rings. The van der Waals surface area contributed by atoms with Gasteiger partial charge in [-0.05, 0) is 52.6 Å². The monoisotopic (exact) mass is 543 g/mol. The van der Waals surface area contributed by atoms with Crippen LogP contribution in [0.25, 0.3) is 54.5 Å². The highest BCUT2D eigenvalue weighted by Crippen LogP contribution is 2.40. The summed E-state index contributed by atoms with van der Waals surface area (Å²) in [4.78, 5) is 0. The van der Waals surface area contributed by atoms with Crippen molar-refractivity contribution in [2.45, 2.75) is 24.8 Å². The summed E-state index contributed by atoms with van der Waals surface area (Å²) in [6.45, 7) is 0. The Morgan fingerprint density at radius 1 is 0.500 bits per heavy atom. The minimum Gasteiger partial charge on any atom is -0.456 e. The van der Waals surface area contributed by atoms with Crippen molar-refractivity contribution in [3.8, 4) is 0 Å². The molecule has 2 aromatic heterocycles. The lowest BCUT2D eigenvalue weighted by Crippen LogP contribution is -2.48. The number of hydrogen-bond acceptors (Lipinski definition) is 3. The van der Waals surface area contributed by atoms with Crippen molar-refractivity contribution in [3.05, 3.63) is 145 Å². The quantitative estimate of drug-likeness (QED) is 0.233. The molecule has 0 spiro atoms. The Kier molecular flexibility index (Phi) is 5.27. The molecule has 202 valence electrons. The van der Waals surface area contributed by atoms with Gasteiger partial charge in [-0.25, -0.2) is 0 Å². The van der Waals surface area contributed by atoms with Crippen molar-refractivity contribution in [1.82, 2.24) is 15.2 Å². The Labute approximate surface area is 243 Å². The molecule has 0 radical (unpaired) electrons. The number of rotatable bonds is 3. The van der Waals surface area contributed by atoms with Gasteiger partial charge in [-0.2, -0.15) is 0 Å². The van der Waals surface area contributed by atoms with Crippen LogP contribution >= 0.6 is 0 Å². The lowest BCUT2D eigenvalue weighted by molar-refractivity contribution is 0.197. The lowest BCUT2D eigenvalue weighted by Gasteiger charge is -2.39. The van der Waals surface area contributed by atoms with Crippen LogP contribution < -0.4 is 10.6 Å². The van der Waals surface area contributed by atoms with Gasteiger partial charge in [0.25, 0.3) is 0 Å². The topological polar surface area (TPSA) is 42.1 Å². The van der Waals surface area contributed by atoms with E-state index in [1.807, 2.05) is 6.07 Å². The van der Waals surface area contributed by atoms with Crippen molar-refractivity contribution in [1.29, 1.82) is 0 Å². The molecule has 3 atom stereocenters. The average Bonchev–Trinajstić information content (AvgIpc) is 3.58. The summed E-state index contributed by atoms with van der Waals surface area (Å²) in [7, 11) is 0. The zero-order chi connectivity index (χ0) is 27.6. The van der Waals surface area contributed by atoms with Crippen LogP contribution in [-0.2, 0) is 0 Å². The predicted octanol–water partition coefficient (Wildman–Crippen LogP) is 9.37. The van der Waals surface area contributed by atoms with Crippen molar-refractivity contribution in [2.75, 3.05) is 0 Å². The maximum atomic E-state index is 6.37. The third-order valence-corrected chi connectivity index (χ3v) is 9.03. The molecule has 8 aromatic rings. The molecule has 0 aliphatic carbocycles. The molecular formula is C38H29N3O. The standard InChI is InChI=1S/C38H29N3O/c1-2-11-25(12-3-1)32-22-33(27-19-18-24-10-4-5-13-26(24)20-27)40-38(39-32)41-34-16-8-6-14-28(34)30-21-31-29-15-7-9-17-36(29)42-37(31)23-35(30)41/h1-21,23,32-33,38-40H,22H2. The number of nitrogens with one attached hydrogen (secondary N) is 2. The smallest absolute Gasteiger partial charge is 0.140 e. The molecule has 3 heterocycles. The van der Waals surface area contributed by atoms with E-state index in [1.54, 1.807) is 0 Å². The van der Waals surface area contributed by atoms with Crippen molar-refractivity contribution >= 4 is 54.5 Å². The second-order valence-electron chi connectivity index (χ2n) is 11.4. The highest BCUT2D eigenvalue weighted by molar-refractivity contribution is 6.16. The molecular weight excluding hydrogens is 514 g/mol. The predicted molar refractivity (Wildman–Crippen MR) is 173 cm³/mol. The van der Waals surface area contributed by atoms with Gasteiger partial charge in [0.1, 0.15) is 17.5 Å². The number of hydrogen-bond donors (Lipinski definition) is 2. The number of nitrogens with zero attached hydrogens (tertiary/aromatic N) is 1. The Morgan fingerprint density at radius 3 is 2.10 bits per heavy atom. The van der Waals surface area contributed by atoms with E-state index in [0.717, 1.165) is 33.9 Å². The van der Waals surface area contributed by atoms with Crippen molar-refractivity contribution in [3.63, 3.8) is 0 Å². The number of benzene rings is 6. The fourth-order valence-electron chi connectivity index (χ4n) is 7.02. The van der Waals surface area contributed by atoms with Crippen LogP contribution in [0.4, 0.5) is 0 Å². The first-order valence-corrected chi connectivity index (χ1v) is 14.7. The summed E-state index contributed by atoms with van der Waals surface area (Å²) in [5, 5.41) is 15.3. The molecule has 6 aromatic carbocycles. The van der Waals surface area contributed by atoms with E-state index >= 15 is 0 Å². The van der Waals surface area contributed by atoms with Crippen molar-refractivity contribution in [2.24, 2.45) is 0 Å². The summed E-state index contributed by atoms with van der Waals surface area (Å²) >= 11 is 0. The van der Waals surface area contributed by atoms with E-state index in [-0.39, 0.29) is 18.4 Å². The van der Waals surface area contributed by atoms with Gasteiger partial charge in [-0.1, -0.05) is 103 Å². The van der Waals surface area contributed by atoms with E-state index in [9.17, 15) is 0 Å². The minimum atomic E-state index is -0.135. The SMILES string of the molecule is c1ccc(C2CC(c3ccc4ccccc4c3)NC(n3c4ccccc4c4cc5c(cc43)oc3ccccc35)N2)cc1. The summed E-state index contributed by atoms with van der Waals surface area (Å²) in [5.74, 6) is 0. The number of fused-ring (bicyclic) bond motifs is 7. The van der Waals surface area contributed by atoms with Crippen LogP contribution in [0, 0.1) is 0 Å². The fourth-order valence-corrected chi connectivity index (χ4v) is 7.02. The molecule has 0 bridgehead atoms. The Morgan fingerprint density at radius 2 is 1.21 bits per heavy atom. The van der Waals surface area contributed by atoms with Gasteiger partial charge < -0.3 is 8.98 Å². The summed E-state index contributed by atoms with van der Waals surface area (Å²) < 4.78 is 8.80. The zero-order valence-electron chi connectivity index (χ0n) is 23.0. The Balaban J connectivity index is 1.24. The Hall–Kier alpha value is -4.90. The maximum absolute atomic E-state index is 6.37. The summed E-state index contributed by atoms with van der Waals surface area (Å²) in [6, 6.07) is 48.3. The molecule has 42 heavy (non-hydrogen) atoms. The van der Waals surface area contributed by atoms with E-state index in [2.05, 4.69) is 143 Å². The van der Waals surface area contributed by atoms with E-state index in [1.165, 1.54) is 38.2 Å². The van der Waals surface area contributed by atoms with Gasteiger partial charge in [-0.3, -0.25) is 10.6 Å². The normalized spacial score (nSPS) is 19.4. The largest absolute Gasteiger partial charge is 0.456 e.